The Balaban J connectivity index is 2.11. The Labute approximate surface area is 145 Å². The summed E-state index contributed by atoms with van der Waals surface area (Å²) in [5.74, 6) is -0.133. The molecule has 7 nitrogen and oxygen atoms in total. The maximum Gasteiger partial charge on any atom is 0.245 e. The summed E-state index contributed by atoms with van der Waals surface area (Å²) < 4.78 is 44.4. The molecule has 132 valence electrons. The van der Waals surface area contributed by atoms with E-state index < -0.39 is 21.9 Å². The molecule has 0 spiro atoms. The standard InChI is InChI=1S/C16H18FN5O2S/c1-10-15(11(2)20-19-10)25(23,24)21-14(16-18-8-9-22(16)3)12-6-4-5-7-13(12)17/h4-9,14,21H,1-3H3,(H,19,20). The summed E-state index contributed by atoms with van der Waals surface area (Å²) in [5.41, 5.74) is 0.952. The molecule has 0 aliphatic carbocycles. The fourth-order valence-electron chi connectivity index (χ4n) is 2.77. The molecule has 1 aromatic carbocycles. The number of nitrogens with one attached hydrogen (secondary N) is 2. The molecule has 0 aliphatic heterocycles. The molecule has 0 saturated carbocycles. The molecule has 3 aromatic rings. The Kier molecular flexibility index (Phi) is 4.44. The van der Waals surface area contributed by atoms with E-state index in [2.05, 4.69) is 19.9 Å². The molecule has 9 heteroatoms. The Bertz CT molecular complexity index is 990. The quantitative estimate of drug-likeness (QED) is 0.725. The van der Waals surface area contributed by atoms with E-state index in [0.29, 0.717) is 17.2 Å². The van der Waals surface area contributed by atoms with E-state index >= 15 is 0 Å². The number of hydrogen-bond donors (Lipinski definition) is 2. The number of rotatable bonds is 5. The number of sulfonamides is 1. The summed E-state index contributed by atoms with van der Waals surface area (Å²) in [6, 6.07) is 5.05. The van der Waals surface area contributed by atoms with Gasteiger partial charge in [0, 0.05) is 25.0 Å². The number of benzene rings is 1. The average Bonchev–Trinajstić information content (AvgIpc) is 3.11. The minimum atomic E-state index is -3.95. The maximum absolute atomic E-state index is 14.3. The molecule has 0 fully saturated rings. The van der Waals surface area contributed by atoms with Crippen molar-refractivity contribution in [2.45, 2.75) is 24.8 Å². The van der Waals surface area contributed by atoms with E-state index in [-0.39, 0.29) is 10.5 Å². The second-order valence-corrected chi connectivity index (χ2v) is 7.39. The van der Waals surface area contributed by atoms with Crippen molar-refractivity contribution in [2.75, 3.05) is 0 Å². The lowest BCUT2D eigenvalue weighted by molar-refractivity contribution is 0.544. The van der Waals surface area contributed by atoms with Crippen LogP contribution < -0.4 is 4.72 Å². The average molecular weight is 363 g/mol. The Hall–Kier alpha value is -2.52. The fraction of sp³-hybridized carbons (Fsp3) is 0.250. The highest BCUT2D eigenvalue weighted by molar-refractivity contribution is 7.89. The second-order valence-electron chi connectivity index (χ2n) is 5.74. The third kappa shape index (κ3) is 3.20. The first-order valence-corrected chi connectivity index (χ1v) is 9.05. The summed E-state index contributed by atoms with van der Waals surface area (Å²) >= 11 is 0. The van der Waals surface area contributed by atoms with Crippen molar-refractivity contribution in [3.63, 3.8) is 0 Å². The van der Waals surface area contributed by atoms with Gasteiger partial charge in [-0.3, -0.25) is 5.10 Å². The molecule has 2 heterocycles. The molecule has 2 aromatic heterocycles. The summed E-state index contributed by atoms with van der Waals surface area (Å²) in [6.45, 7) is 3.21. The number of aryl methyl sites for hydroxylation is 3. The van der Waals surface area contributed by atoms with Gasteiger partial charge in [-0.2, -0.15) is 9.82 Å². The molecule has 0 radical (unpaired) electrons. The molecule has 3 rings (SSSR count). The highest BCUT2D eigenvalue weighted by atomic mass is 32.2. The van der Waals surface area contributed by atoms with Gasteiger partial charge in [-0.15, -0.1) is 0 Å². The molecular formula is C16H18FN5O2S. The molecule has 25 heavy (non-hydrogen) atoms. The molecule has 0 saturated heterocycles. The van der Waals surface area contributed by atoms with Gasteiger partial charge in [-0.05, 0) is 19.9 Å². The van der Waals surface area contributed by atoms with Crippen molar-refractivity contribution < 1.29 is 12.8 Å². The van der Waals surface area contributed by atoms with Gasteiger partial charge in [0.1, 0.15) is 22.6 Å². The van der Waals surface area contributed by atoms with Crippen LogP contribution in [0.5, 0.6) is 0 Å². The third-order valence-corrected chi connectivity index (χ3v) is 5.62. The molecular weight excluding hydrogens is 345 g/mol. The largest absolute Gasteiger partial charge is 0.336 e. The van der Waals surface area contributed by atoms with Gasteiger partial charge in [0.25, 0.3) is 0 Å². The van der Waals surface area contributed by atoms with Crippen LogP contribution in [0.25, 0.3) is 0 Å². The lowest BCUT2D eigenvalue weighted by Gasteiger charge is -2.19. The van der Waals surface area contributed by atoms with Crippen LogP contribution in [0, 0.1) is 19.7 Å². The van der Waals surface area contributed by atoms with Gasteiger partial charge in [-0.1, -0.05) is 18.2 Å². The Morgan fingerprint density at radius 2 is 2.00 bits per heavy atom. The first-order chi connectivity index (χ1) is 11.8. The van der Waals surface area contributed by atoms with Crippen LogP contribution in [0.3, 0.4) is 0 Å². The van der Waals surface area contributed by atoms with Crippen molar-refractivity contribution in [1.29, 1.82) is 0 Å². The van der Waals surface area contributed by atoms with E-state index in [4.69, 9.17) is 0 Å². The van der Waals surface area contributed by atoms with E-state index in [0.717, 1.165) is 0 Å². The first kappa shape index (κ1) is 17.3. The van der Waals surface area contributed by atoms with Crippen LogP contribution in [0.4, 0.5) is 4.39 Å². The highest BCUT2D eigenvalue weighted by Gasteiger charge is 2.30. The molecule has 2 N–H and O–H groups in total. The van der Waals surface area contributed by atoms with Crippen LogP contribution in [-0.4, -0.2) is 28.2 Å². The fourth-order valence-corrected chi connectivity index (χ4v) is 4.31. The summed E-state index contributed by atoms with van der Waals surface area (Å²) in [6.07, 6.45) is 3.21. The van der Waals surface area contributed by atoms with Crippen LogP contribution in [0.1, 0.15) is 28.8 Å². The van der Waals surface area contributed by atoms with Gasteiger partial charge in [0.15, 0.2) is 0 Å². The van der Waals surface area contributed by atoms with E-state index in [1.165, 1.54) is 18.3 Å². The van der Waals surface area contributed by atoms with Crippen LogP contribution >= 0.6 is 0 Å². The van der Waals surface area contributed by atoms with Crippen LogP contribution in [0.2, 0.25) is 0 Å². The Morgan fingerprint density at radius 1 is 1.28 bits per heavy atom. The predicted octanol–water partition coefficient (Wildman–Crippen LogP) is 1.97. The highest BCUT2D eigenvalue weighted by Crippen LogP contribution is 2.26. The van der Waals surface area contributed by atoms with Crippen molar-refractivity contribution in [3.05, 3.63) is 65.3 Å². The first-order valence-electron chi connectivity index (χ1n) is 7.57. The molecule has 1 unspecified atom stereocenters. The number of nitrogens with zero attached hydrogens (tertiary/aromatic N) is 3. The second kappa shape index (κ2) is 6.41. The van der Waals surface area contributed by atoms with Crippen molar-refractivity contribution in [1.82, 2.24) is 24.5 Å². The Morgan fingerprint density at radius 3 is 2.56 bits per heavy atom. The summed E-state index contributed by atoms with van der Waals surface area (Å²) in [5, 5.41) is 6.57. The molecule has 1 atom stereocenters. The molecule has 0 bridgehead atoms. The van der Waals surface area contributed by atoms with Crippen LogP contribution in [0.15, 0.2) is 41.6 Å². The maximum atomic E-state index is 14.3. The van der Waals surface area contributed by atoms with Gasteiger partial charge in [0.2, 0.25) is 10.0 Å². The van der Waals surface area contributed by atoms with E-state index in [1.807, 2.05) is 0 Å². The number of hydrogen-bond acceptors (Lipinski definition) is 4. The lowest BCUT2D eigenvalue weighted by Crippen LogP contribution is -2.32. The topological polar surface area (TPSA) is 92.7 Å². The monoisotopic (exact) mass is 363 g/mol. The number of aromatic amines is 1. The zero-order chi connectivity index (χ0) is 18.2. The van der Waals surface area contributed by atoms with Gasteiger partial charge >= 0.3 is 0 Å². The number of halogens is 1. The number of imidazole rings is 1. The van der Waals surface area contributed by atoms with Gasteiger partial charge < -0.3 is 4.57 Å². The van der Waals surface area contributed by atoms with E-state index in [1.54, 1.807) is 43.8 Å². The minimum Gasteiger partial charge on any atom is -0.336 e. The summed E-state index contributed by atoms with van der Waals surface area (Å²) in [7, 11) is -2.23. The minimum absolute atomic E-state index is 0.0584. The molecule has 0 aliphatic rings. The van der Waals surface area contributed by atoms with Crippen LogP contribution in [-0.2, 0) is 17.1 Å². The number of aromatic nitrogens is 4. The summed E-state index contributed by atoms with van der Waals surface area (Å²) in [4.78, 5) is 4.25. The van der Waals surface area contributed by atoms with E-state index in [9.17, 15) is 12.8 Å². The van der Waals surface area contributed by atoms with Gasteiger partial charge in [-0.25, -0.2) is 17.8 Å². The zero-order valence-electron chi connectivity index (χ0n) is 14.0. The molecule has 0 amide bonds. The number of H-pyrrole nitrogens is 1. The normalized spacial score (nSPS) is 13.1. The predicted molar refractivity (Wildman–Crippen MR) is 89.8 cm³/mol. The van der Waals surface area contributed by atoms with Crippen molar-refractivity contribution in [3.8, 4) is 0 Å². The lowest BCUT2D eigenvalue weighted by atomic mass is 10.1. The smallest absolute Gasteiger partial charge is 0.245 e. The van der Waals surface area contributed by atoms with Crippen molar-refractivity contribution in [2.24, 2.45) is 7.05 Å². The van der Waals surface area contributed by atoms with Gasteiger partial charge in [0.05, 0.1) is 11.4 Å². The zero-order valence-corrected chi connectivity index (χ0v) is 14.8. The SMILES string of the molecule is Cc1n[nH]c(C)c1S(=O)(=O)NC(c1ccccc1F)c1nccn1C. The third-order valence-electron chi connectivity index (χ3n) is 3.94. The van der Waals surface area contributed by atoms with Crippen molar-refractivity contribution >= 4 is 10.0 Å².